The second kappa shape index (κ2) is 4.62. The van der Waals surface area contributed by atoms with Crippen molar-refractivity contribution in [1.29, 1.82) is 0 Å². The van der Waals surface area contributed by atoms with Crippen molar-refractivity contribution in [3.05, 3.63) is 24.2 Å². The largest absolute Gasteiger partial charge is 0.472 e. The molecule has 1 atom stereocenters. The number of rotatable bonds is 4. The molecule has 0 bridgehead atoms. The minimum Gasteiger partial charge on any atom is -0.472 e. The van der Waals surface area contributed by atoms with E-state index < -0.39 is 0 Å². The van der Waals surface area contributed by atoms with Crippen molar-refractivity contribution in [1.82, 2.24) is 4.90 Å². The molecule has 0 N–H and O–H groups in total. The lowest BCUT2D eigenvalue weighted by Crippen LogP contribution is -2.27. The minimum absolute atomic E-state index is 0.266. The van der Waals surface area contributed by atoms with Crippen LogP contribution in [0.4, 0.5) is 0 Å². The summed E-state index contributed by atoms with van der Waals surface area (Å²) in [5.41, 5.74) is 1.17. The zero-order chi connectivity index (χ0) is 10.7. The molecular formula is C12H17NO2. The third-order valence-corrected chi connectivity index (χ3v) is 3.00. The molecule has 1 aromatic heterocycles. The van der Waals surface area contributed by atoms with E-state index in [4.69, 9.17) is 4.42 Å². The van der Waals surface area contributed by atoms with E-state index in [2.05, 4.69) is 11.9 Å². The maximum absolute atomic E-state index is 11.5. The van der Waals surface area contributed by atoms with Gasteiger partial charge in [0.15, 0.2) is 0 Å². The average Bonchev–Trinajstić information content (AvgIpc) is 2.79. The number of ketones is 1. The summed E-state index contributed by atoms with van der Waals surface area (Å²) in [7, 11) is 2.05. The molecule has 0 radical (unpaired) electrons. The van der Waals surface area contributed by atoms with Gasteiger partial charge in [-0.25, -0.2) is 0 Å². The van der Waals surface area contributed by atoms with Crippen LogP contribution in [0, 0.1) is 5.92 Å². The predicted octanol–water partition coefficient (Wildman–Crippen LogP) is 2.08. The highest BCUT2D eigenvalue weighted by atomic mass is 16.3. The first-order chi connectivity index (χ1) is 7.25. The van der Waals surface area contributed by atoms with Gasteiger partial charge >= 0.3 is 0 Å². The van der Waals surface area contributed by atoms with Gasteiger partial charge in [-0.15, -0.1) is 0 Å². The molecular weight excluding hydrogens is 190 g/mol. The van der Waals surface area contributed by atoms with Crippen LogP contribution in [0.1, 0.15) is 24.8 Å². The molecule has 2 rings (SSSR count). The summed E-state index contributed by atoms with van der Waals surface area (Å²) in [5, 5.41) is 0. The van der Waals surface area contributed by atoms with E-state index in [1.54, 1.807) is 12.5 Å². The molecule has 1 aliphatic rings. The van der Waals surface area contributed by atoms with E-state index in [9.17, 15) is 4.79 Å². The highest BCUT2D eigenvalue weighted by Gasteiger charge is 2.25. The maximum Gasteiger partial charge on any atom is 0.137 e. The molecule has 0 saturated heterocycles. The molecule has 0 aromatic carbocycles. The van der Waals surface area contributed by atoms with Crippen LogP contribution in [0.5, 0.6) is 0 Å². The number of nitrogens with zero attached hydrogens (tertiary/aromatic N) is 1. The standard InChI is InChI=1S/C12H17NO2/c1-13(7-10-5-6-15-9-10)8-11-3-2-4-12(11)14/h5-6,9,11H,2-4,7-8H2,1H3. The van der Waals surface area contributed by atoms with Crippen LogP contribution in [0.2, 0.25) is 0 Å². The highest BCUT2D eigenvalue weighted by Crippen LogP contribution is 2.22. The zero-order valence-electron chi connectivity index (χ0n) is 9.11. The second-order valence-electron chi connectivity index (χ2n) is 4.38. The topological polar surface area (TPSA) is 33.5 Å². The number of furan rings is 1. The molecule has 15 heavy (non-hydrogen) atoms. The number of Topliss-reactive ketones (excluding diaryl/α,β-unsaturated/α-hetero) is 1. The summed E-state index contributed by atoms with van der Waals surface area (Å²) in [5.74, 6) is 0.705. The van der Waals surface area contributed by atoms with Gasteiger partial charge in [0.1, 0.15) is 5.78 Å². The average molecular weight is 207 g/mol. The SMILES string of the molecule is CN(Cc1ccoc1)CC1CCCC1=O. The quantitative estimate of drug-likeness (QED) is 0.758. The number of carbonyl (C=O) groups excluding carboxylic acids is 1. The molecule has 1 saturated carbocycles. The van der Waals surface area contributed by atoms with E-state index in [0.29, 0.717) is 5.78 Å². The van der Waals surface area contributed by atoms with Gasteiger partial charge in [0.2, 0.25) is 0 Å². The van der Waals surface area contributed by atoms with Crippen molar-refractivity contribution >= 4 is 5.78 Å². The Kier molecular flexibility index (Phi) is 3.21. The first kappa shape index (κ1) is 10.4. The van der Waals surface area contributed by atoms with Crippen molar-refractivity contribution in [3.8, 4) is 0 Å². The Labute approximate surface area is 90.1 Å². The molecule has 0 amide bonds. The van der Waals surface area contributed by atoms with Crippen LogP contribution >= 0.6 is 0 Å². The van der Waals surface area contributed by atoms with Crippen LogP contribution < -0.4 is 0 Å². The Balaban J connectivity index is 1.82. The van der Waals surface area contributed by atoms with E-state index >= 15 is 0 Å². The van der Waals surface area contributed by atoms with Gasteiger partial charge < -0.3 is 9.32 Å². The van der Waals surface area contributed by atoms with Gasteiger partial charge in [-0.3, -0.25) is 4.79 Å². The third-order valence-electron chi connectivity index (χ3n) is 3.00. The monoisotopic (exact) mass is 207 g/mol. The summed E-state index contributed by atoms with van der Waals surface area (Å²) in [6, 6.07) is 1.97. The number of hydrogen-bond acceptors (Lipinski definition) is 3. The van der Waals surface area contributed by atoms with Crippen molar-refractivity contribution in [3.63, 3.8) is 0 Å². The van der Waals surface area contributed by atoms with Crippen molar-refractivity contribution in [2.75, 3.05) is 13.6 Å². The number of carbonyl (C=O) groups is 1. The lowest BCUT2D eigenvalue weighted by atomic mass is 10.1. The fourth-order valence-corrected chi connectivity index (χ4v) is 2.22. The molecule has 3 nitrogen and oxygen atoms in total. The second-order valence-corrected chi connectivity index (χ2v) is 4.38. The Hall–Kier alpha value is -1.09. The fraction of sp³-hybridized carbons (Fsp3) is 0.583. The van der Waals surface area contributed by atoms with Crippen LogP contribution in [0.25, 0.3) is 0 Å². The Morgan fingerprint density at radius 3 is 3.07 bits per heavy atom. The molecule has 1 aromatic rings. The molecule has 1 aliphatic carbocycles. The van der Waals surface area contributed by atoms with Crippen LogP contribution in [0.15, 0.2) is 23.0 Å². The third kappa shape index (κ3) is 2.69. The Bertz CT molecular complexity index is 318. The molecule has 82 valence electrons. The first-order valence-corrected chi connectivity index (χ1v) is 5.48. The van der Waals surface area contributed by atoms with Crippen molar-refractivity contribution < 1.29 is 9.21 Å². The summed E-state index contributed by atoms with van der Waals surface area (Å²) in [6.45, 7) is 1.74. The van der Waals surface area contributed by atoms with Gasteiger partial charge in [0, 0.05) is 31.0 Å². The smallest absolute Gasteiger partial charge is 0.137 e. The van der Waals surface area contributed by atoms with E-state index in [1.165, 1.54) is 5.56 Å². The summed E-state index contributed by atoms with van der Waals surface area (Å²) >= 11 is 0. The molecule has 0 spiro atoms. The normalized spacial score (nSPS) is 21.5. The lowest BCUT2D eigenvalue weighted by Gasteiger charge is -2.18. The molecule has 1 heterocycles. The van der Waals surface area contributed by atoms with Crippen LogP contribution in [0.3, 0.4) is 0 Å². The van der Waals surface area contributed by atoms with Gasteiger partial charge in [-0.05, 0) is 26.0 Å². The predicted molar refractivity (Wildman–Crippen MR) is 57.4 cm³/mol. The van der Waals surface area contributed by atoms with Crippen LogP contribution in [-0.4, -0.2) is 24.3 Å². The van der Waals surface area contributed by atoms with Crippen molar-refractivity contribution in [2.45, 2.75) is 25.8 Å². The summed E-state index contributed by atoms with van der Waals surface area (Å²) in [4.78, 5) is 13.7. The summed E-state index contributed by atoms with van der Waals surface area (Å²) in [6.07, 6.45) is 6.36. The molecule has 1 fully saturated rings. The van der Waals surface area contributed by atoms with Gasteiger partial charge in [-0.1, -0.05) is 0 Å². The molecule has 3 heteroatoms. The van der Waals surface area contributed by atoms with Gasteiger partial charge in [0.05, 0.1) is 12.5 Å². The highest BCUT2D eigenvalue weighted by molar-refractivity contribution is 5.83. The first-order valence-electron chi connectivity index (χ1n) is 5.48. The van der Waals surface area contributed by atoms with E-state index in [-0.39, 0.29) is 5.92 Å². The fourth-order valence-electron chi connectivity index (χ4n) is 2.22. The van der Waals surface area contributed by atoms with Gasteiger partial charge in [-0.2, -0.15) is 0 Å². The lowest BCUT2D eigenvalue weighted by molar-refractivity contribution is -0.121. The zero-order valence-corrected chi connectivity index (χ0v) is 9.11. The Morgan fingerprint density at radius 2 is 2.47 bits per heavy atom. The molecule has 0 aliphatic heterocycles. The summed E-state index contributed by atoms with van der Waals surface area (Å²) < 4.78 is 5.01. The van der Waals surface area contributed by atoms with E-state index in [1.807, 2.05) is 6.07 Å². The van der Waals surface area contributed by atoms with Gasteiger partial charge in [0.25, 0.3) is 0 Å². The van der Waals surface area contributed by atoms with Crippen molar-refractivity contribution in [2.24, 2.45) is 5.92 Å². The number of hydrogen-bond donors (Lipinski definition) is 0. The maximum atomic E-state index is 11.5. The molecule has 1 unspecified atom stereocenters. The minimum atomic E-state index is 0.266. The van der Waals surface area contributed by atoms with Crippen LogP contribution in [-0.2, 0) is 11.3 Å². The Morgan fingerprint density at radius 1 is 1.60 bits per heavy atom. The van der Waals surface area contributed by atoms with E-state index in [0.717, 1.165) is 32.4 Å².